The minimum absolute atomic E-state index is 0.425. The maximum Gasteiger partial charge on any atom is 0.243 e. The van der Waals surface area contributed by atoms with Crippen LogP contribution in [-0.4, -0.2) is 26.3 Å². The van der Waals surface area contributed by atoms with Gasteiger partial charge in [-0.25, -0.2) is 9.97 Å². The van der Waals surface area contributed by atoms with E-state index in [2.05, 4.69) is 9.97 Å². The van der Waals surface area contributed by atoms with Crippen molar-refractivity contribution in [1.29, 1.82) is 0 Å². The van der Waals surface area contributed by atoms with Crippen LogP contribution in [0.4, 0.5) is 0 Å². The van der Waals surface area contributed by atoms with E-state index < -0.39 is 11.4 Å². The number of alkyl halides is 1. The zero-order valence-corrected chi connectivity index (χ0v) is 12.0. The molecule has 0 aliphatic carbocycles. The molecule has 2 aromatic heterocycles. The van der Waals surface area contributed by atoms with E-state index in [-0.39, 0.29) is 0 Å². The van der Waals surface area contributed by atoms with Gasteiger partial charge in [0, 0.05) is 18.0 Å². The van der Waals surface area contributed by atoms with Gasteiger partial charge in [0.2, 0.25) is 5.91 Å². The Bertz CT molecular complexity index is 633. The topological polar surface area (TPSA) is 73.8 Å². The van der Waals surface area contributed by atoms with Crippen molar-refractivity contribution in [2.45, 2.75) is 32.7 Å². The summed E-state index contributed by atoms with van der Waals surface area (Å²) >= 11 is 5.81. The van der Waals surface area contributed by atoms with E-state index in [1.54, 1.807) is 18.4 Å². The van der Waals surface area contributed by atoms with Crippen LogP contribution in [0.25, 0.3) is 11.2 Å². The molecule has 0 bridgehead atoms. The molecule has 0 saturated carbocycles. The Balaban J connectivity index is 2.77. The summed E-state index contributed by atoms with van der Waals surface area (Å²) in [5.74, 6) is 0.731. The second-order valence-corrected chi connectivity index (χ2v) is 5.40. The molecular weight excluding hydrogens is 264 g/mol. The standard InChI is InChI=1S/C13H17ClN4O/c1-8-4-5-9-11(16-8)18(10(17-9)6-7-14)13(2,3)12(15)19/h4-5H,6-7H2,1-3H3,(H2,15,19). The number of imidazole rings is 1. The summed E-state index contributed by atoms with van der Waals surface area (Å²) in [4.78, 5) is 20.7. The molecule has 2 rings (SSSR count). The minimum Gasteiger partial charge on any atom is -0.368 e. The maximum absolute atomic E-state index is 11.7. The molecular formula is C13H17ClN4O. The van der Waals surface area contributed by atoms with Crippen LogP contribution in [0.5, 0.6) is 0 Å². The van der Waals surface area contributed by atoms with Crippen LogP contribution >= 0.6 is 11.6 Å². The number of halogens is 1. The van der Waals surface area contributed by atoms with Crippen LogP contribution in [-0.2, 0) is 16.8 Å². The molecule has 6 heteroatoms. The quantitative estimate of drug-likeness (QED) is 0.867. The molecule has 0 aromatic carbocycles. The number of amides is 1. The van der Waals surface area contributed by atoms with Crippen molar-refractivity contribution >= 4 is 28.7 Å². The number of primary amides is 1. The predicted octanol–water partition coefficient (Wildman–Crippen LogP) is 1.74. The van der Waals surface area contributed by atoms with Crippen molar-refractivity contribution in [2.24, 2.45) is 5.73 Å². The number of carbonyl (C=O) groups excluding carboxylic acids is 1. The van der Waals surface area contributed by atoms with Crippen molar-refractivity contribution in [3.8, 4) is 0 Å². The van der Waals surface area contributed by atoms with Crippen LogP contribution in [0, 0.1) is 6.92 Å². The van der Waals surface area contributed by atoms with E-state index in [9.17, 15) is 4.79 Å². The number of nitrogens with zero attached hydrogens (tertiary/aromatic N) is 3. The van der Waals surface area contributed by atoms with E-state index in [1.807, 2.05) is 19.1 Å². The Morgan fingerprint density at radius 2 is 2.11 bits per heavy atom. The summed E-state index contributed by atoms with van der Waals surface area (Å²) in [7, 11) is 0. The van der Waals surface area contributed by atoms with Crippen molar-refractivity contribution in [1.82, 2.24) is 14.5 Å². The fraction of sp³-hybridized carbons (Fsp3) is 0.462. The van der Waals surface area contributed by atoms with Gasteiger partial charge in [-0.05, 0) is 32.9 Å². The normalized spacial score (nSPS) is 12.0. The average Bonchev–Trinajstić information content (AvgIpc) is 2.67. The fourth-order valence-corrected chi connectivity index (χ4v) is 2.22. The van der Waals surface area contributed by atoms with E-state index >= 15 is 0 Å². The Labute approximate surface area is 116 Å². The van der Waals surface area contributed by atoms with Crippen molar-refractivity contribution in [3.63, 3.8) is 0 Å². The van der Waals surface area contributed by atoms with Gasteiger partial charge in [0.25, 0.3) is 0 Å². The first-order chi connectivity index (χ1) is 8.87. The monoisotopic (exact) mass is 280 g/mol. The molecule has 2 heterocycles. The summed E-state index contributed by atoms with van der Waals surface area (Å²) in [6.07, 6.45) is 0.563. The highest BCUT2D eigenvalue weighted by molar-refractivity contribution is 6.17. The van der Waals surface area contributed by atoms with Gasteiger partial charge in [0.15, 0.2) is 5.65 Å². The SMILES string of the molecule is Cc1ccc2nc(CCCl)n(C(C)(C)C(N)=O)c2n1. The Morgan fingerprint density at radius 3 is 2.68 bits per heavy atom. The van der Waals surface area contributed by atoms with Gasteiger partial charge in [-0.3, -0.25) is 9.36 Å². The van der Waals surface area contributed by atoms with Gasteiger partial charge in [0.1, 0.15) is 16.9 Å². The van der Waals surface area contributed by atoms with Gasteiger partial charge in [-0.15, -0.1) is 11.6 Å². The highest BCUT2D eigenvalue weighted by atomic mass is 35.5. The molecule has 0 radical (unpaired) electrons. The van der Waals surface area contributed by atoms with Crippen LogP contribution < -0.4 is 5.73 Å². The lowest BCUT2D eigenvalue weighted by molar-refractivity contribution is -0.125. The number of pyridine rings is 1. The largest absolute Gasteiger partial charge is 0.368 e. The van der Waals surface area contributed by atoms with Gasteiger partial charge in [0.05, 0.1) is 0 Å². The number of hydrogen-bond acceptors (Lipinski definition) is 3. The maximum atomic E-state index is 11.7. The molecule has 102 valence electrons. The molecule has 0 fully saturated rings. The zero-order chi connectivity index (χ0) is 14.2. The molecule has 0 atom stereocenters. The Hall–Kier alpha value is -1.62. The van der Waals surface area contributed by atoms with Gasteiger partial charge < -0.3 is 5.73 Å². The van der Waals surface area contributed by atoms with Gasteiger partial charge >= 0.3 is 0 Å². The third-order valence-electron chi connectivity index (χ3n) is 3.19. The first kappa shape index (κ1) is 13.8. The van der Waals surface area contributed by atoms with Crippen molar-refractivity contribution < 1.29 is 4.79 Å². The Morgan fingerprint density at radius 1 is 1.42 bits per heavy atom. The molecule has 0 unspecified atom stereocenters. The molecule has 0 saturated heterocycles. The van der Waals surface area contributed by atoms with E-state index in [0.29, 0.717) is 17.9 Å². The number of rotatable bonds is 4. The van der Waals surface area contributed by atoms with Crippen LogP contribution in [0.1, 0.15) is 25.4 Å². The zero-order valence-electron chi connectivity index (χ0n) is 11.3. The average molecular weight is 281 g/mol. The highest BCUT2D eigenvalue weighted by Gasteiger charge is 2.32. The van der Waals surface area contributed by atoms with E-state index in [0.717, 1.165) is 17.0 Å². The summed E-state index contributed by atoms with van der Waals surface area (Å²) in [6.45, 7) is 5.42. The first-order valence-electron chi connectivity index (χ1n) is 6.09. The molecule has 0 spiro atoms. The minimum atomic E-state index is -0.892. The molecule has 2 aromatic rings. The summed E-state index contributed by atoms with van der Waals surface area (Å²) in [5.41, 5.74) is 6.90. The number of carbonyl (C=O) groups is 1. The third-order valence-corrected chi connectivity index (χ3v) is 3.38. The number of nitrogens with two attached hydrogens (primary N) is 1. The van der Waals surface area contributed by atoms with Crippen molar-refractivity contribution in [3.05, 3.63) is 23.7 Å². The highest BCUT2D eigenvalue weighted by Crippen LogP contribution is 2.25. The van der Waals surface area contributed by atoms with Crippen molar-refractivity contribution in [2.75, 3.05) is 5.88 Å². The molecule has 0 aliphatic heterocycles. The molecule has 1 amide bonds. The van der Waals surface area contributed by atoms with E-state index in [1.165, 1.54) is 0 Å². The first-order valence-corrected chi connectivity index (χ1v) is 6.62. The summed E-state index contributed by atoms with van der Waals surface area (Å²) in [5, 5.41) is 0. The Kier molecular flexibility index (Phi) is 3.49. The number of hydrogen-bond donors (Lipinski definition) is 1. The molecule has 2 N–H and O–H groups in total. The van der Waals surface area contributed by atoms with Gasteiger partial charge in [-0.1, -0.05) is 0 Å². The summed E-state index contributed by atoms with van der Waals surface area (Å²) < 4.78 is 1.79. The van der Waals surface area contributed by atoms with Gasteiger partial charge in [-0.2, -0.15) is 0 Å². The second kappa shape index (κ2) is 4.81. The number of aromatic nitrogens is 3. The fourth-order valence-electron chi connectivity index (χ4n) is 2.05. The lowest BCUT2D eigenvalue weighted by atomic mass is 10.0. The number of aryl methyl sites for hydroxylation is 2. The molecule has 0 aliphatic rings. The second-order valence-electron chi connectivity index (χ2n) is 5.02. The molecule has 5 nitrogen and oxygen atoms in total. The summed E-state index contributed by atoms with van der Waals surface area (Å²) in [6, 6.07) is 3.78. The third kappa shape index (κ3) is 2.30. The lowest BCUT2D eigenvalue weighted by Crippen LogP contribution is -2.42. The predicted molar refractivity (Wildman–Crippen MR) is 75.2 cm³/mol. The number of fused-ring (bicyclic) bond motifs is 1. The van der Waals surface area contributed by atoms with Crippen LogP contribution in [0.15, 0.2) is 12.1 Å². The van der Waals surface area contributed by atoms with Crippen LogP contribution in [0.3, 0.4) is 0 Å². The lowest BCUT2D eigenvalue weighted by Gasteiger charge is -2.25. The smallest absolute Gasteiger partial charge is 0.243 e. The van der Waals surface area contributed by atoms with E-state index in [4.69, 9.17) is 17.3 Å². The molecule has 19 heavy (non-hydrogen) atoms. The van der Waals surface area contributed by atoms with Crippen LogP contribution in [0.2, 0.25) is 0 Å².